The molecule has 2 heteroatoms. The Bertz CT molecular complexity index is 338. The summed E-state index contributed by atoms with van der Waals surface area (Å²) in [4.78, 5) is 0. The maximum atomic E-state index is 5.15. The zero-order chi connectivity index (χ0) is 13.6. The summed E-state index contributed by atoms with van der Waals surface area (Å²) in [5, 5.41) is 0. The maximum Gasteiger partial charge on any atom is 0.0502 e. The van der Waals surface area contributed by atoms with Crippen molar-refractivity contribution in [3.8, 4) is 0 Å². The Morgan fingerprint density at radius 2 is 1.39 bits per heavy atom. The van der Waals surface area contributed by atoms with Crippen LogP contribution in [0.2, 0.25) is 0 Å². The molecule has 0 saturated carbocycles. The van der Waals surface area contributed by atoms with Gasteiger partial charge in [-0.15, -0.1) is 0 Å². The van der Waals surface area contributed by atoms with Gasteiger partial charge in [0.2, 0.25) is 0 Å². The minimum absolute atomic E-state index is 0.165. The lowest BCUT2D eigenvalue weighted by Gasteiger charge is -2.21. The highest BCUT2D eigenvalue weighted by Crippen LogP contribution is 2.24. The SMILES string of the molecule is COCCc1[c]c(CCOC)cc(C(C)(C)C)c1. The summed E-state index contributed by atoms with van der Waals surface area (Å²) in [6.07, 6.45) is 1.83. The third-order valence-corrected chi connectivity index (χ3v) is 3.00. The van der Waals surface area contributed by atoms with Crippen molar-refractivity contribution in [2.75, 3.05) is 27.4 Å². The van der Waals surface area contributed by atoms with E-state index in [1.807, 2.05) is 0 Å². The van der Waals surface area contributed by atoms with Crippen molar-refractivity contribution in [3.63, 3.8) is 0 Å². The van der Waals surface area contributed by atoms with Crippen LogP contribution in [0.1, 0.15) is 37.5 Å². The second kappa shape index (κ2) is 6.91. The number of methoxy groups -OCH3 is 2. The van der Waals surface area contributed by atoms with Crippen molar-refractivity contribution in [2.45, 2.75) is 39.0 Å². The molecule has 0 bridgehead atoms. The normalized spacial score (nSPS) is 11.8. The highest BCUT2D eigenvalue weighted by Gasteiger charge is 2.15. The van der Waals surface area contributed by atoms with Crippen molar-refractivity contribution >= 4 is 0 Å². The molecule has 2 nitrogen and oxygen atoms in total. The van der Waals surface area contributed by atoms with Gasteiger partial charge >= 0.3 is 0 Å². The molecule has 0 unspecified atom stereocenters. The van der Waals surface area contributed by atoms with Crippen LogP contribution in [0.3, 0.4) is 0 Å². The van der Waals surface area contributed by atoms with E-state index in [1.54, 1.807) is 14.2 Å². The zero-order valence-corrected chi connectivity index (χ0v) is 12.3. The molecule has 1 aromatic carbocycles. The maximum absolute atomic E-state index is 5.15. The smallest absolute Gasteiger partial charge is 0.0502 e. The van der Waals surface area contributed by atoms with E-state index < -0.39 is 0 Å². The number of hydrogen-bond acceptors (Lipinski definition) is 2. The molecule has 0 saturated heterocycles. The van der Waals surface area contributed by atoms with Gasteiger partial charge in [-0.2, -0.15) is 0 Å². The Balaban J connectivity index is 2.96. The summed E-state index contributed by atoms with van der Waals surface area (Å²) in [7, 11) is 3.47. The number of rotatable bonds is 6. The Kier molecular flexibility index (Phi) is 5.83. The molecule has 0 spiro atoms. The van der Waals surface area contributed by atoms with Gasteiger partial charge in [0, 0.05) is 14.2 Å². The second-order valence-corrected chi connectivity index (χ2v) is 5.66. The summed E-state index contributed by atoms with van der Waals surface area (Å²) >= 11 is 0. The lowest BCUT2D eigenvalue weighted by Crippen LogP contribution is -2.13. The molecule has 0 aliphatic rings. The van der Waals surface area contributed by atoms with Gasteiger partial charge in [-0.1, -0.05) is 32.9 Å². The molecule has 101 valence electrons. The molecule has 1 rings (SSSR count). The summed E-state index contributed by atoms with van der Waals surface area (Å²) in [5.41, 5.74) is 3.99. The first-order valence-corrected chi connectivity index (χ1v) is 6.51. The minimum Gasteiger partial charge on any atom is -0.384 e. The van der Waals surface area contributed by atoms with Crippen LogP contribution in [0.15, 0.2) is 12.1 Å². The standard InChI is InChI=1S/C16H25O2/c1-16(2,3)15-11-13(6-8-17-4)10-14(12-15)7-9-18-5/h11-12H,6-9H2,1-5H3. The molecule has 1 aromatic rings. The van der Waals surface area contributed by atoms with Gasteiger partial charge in [0.25, 0.3) is 0 Å². The first kappa shape index (κ1) is 15.2. The number of hydrogen-bond donors (Lipinski definition) is 0. The monoisotopic (exact) mass is 249 g/mol. The van der Waals surface area contributed by atoms with E-state index in [0.29, 0.717) is 0 Å². The van der Waals surface area contributed by atoms with Gasteiger partial charge in [-0.05, 0) is 41.0 Å². The van der Waals surface area contributed by atoms with E-state index in [2.05, 4.69) is 39.0 Å². The predicted octanol–water partition coefficient (Wildman–Crippen LogP) is 3.16. The highest BCUT2D eigenvalue weighted by molar-refractivity contribution is 5.33. The molecule has 0 heterocycles. The summed E-state index contributed by atoms with van der Waals surface area (Å²) in [6.45, 7) is 8.20. The predicted molar refractivity (Wildman–Crippen MR) is 75.1 cm³/mol. The third kappa shape index (κ3) is 4.79. The van der Waals surface area contributed by atoms with Crippen LogP contribution < -0.4 is 0 Å². The van der Waals surface area contributed by atoms with Gasteiger partial charge < -0.3 is 9.47 Å². The summed E-state index contributed by atoms with van der Waals surface area (Å²) in [5.74, 6) is 0. The largest absolute Gasteiger partial charge is 0.384 e. The Morgan fingerprint density at radius 1 is 0.944 bits per heavy atom. The molecule has 0 amide bonds. The van der Waals surface area contributed by atoms with Crippen LogP contribution in [0.25, 0.3) is 0 Å². The fourth-order valence-corrected chi connectivity index (χ4v) is 1.82. The Labute approximate surface area is 111 Å². The van der Waals surface area contributed by atoms with Crippen molar-refractivity contribution in [2.24, 2.45) is 0 Å². The fraction of sp³-hybridized carbons (Fsp3) is 0.625. The van der Waals surface area contributed by atoms with Crippen molar-refractivity contribution in [1.82, 2.24) is 0 Å². The first-order chi connectivity index (χ1) is 8.47. The lowest BCUT2D eigenvalue weighted by atomic mass is 9.84. The molecule has 18 heavy (non-hydrogen) atoms. The molecular weight excluding hydrogens is 224 g/mol. The third-order valence-electron chi connectivity index (χ3n) is 3.00. The van der Waals surface area contributed by atoms with Gasteiger partial charge in [0.15, 0.2) is 0 Å². The first-order valence-electron chi connectivity index (χ1n) is 6.51. The van der Waals surface area contributed by atoms with Crippen molar-refractivity contribution in [1.29, 1.82) is 0 Å². The Hall–Kier alpha value is -0.860. The highest BCUT2D eigenvalue weighted by atomic mass is 16.5. The topological polar surface area (TPSA) is 18.5 Å². The lowest BCUT2D eigenvalue weighted by molar-refractivity contribution is 0.201. The van der Waals surface area contributed by atoms with Gasteiger partial charge in [0.1, 0.15) is 0 Å². The number of benzene rings is 1. The molecule has 0 aliphatic heterocycles. The van der Waals surface area contributed by atoms with Crippen LogP contribution in [0.5, 0.6) is 0 Å². The van der Waals surface area contributed by atoms with E-state index in [4.69, 9.17) is 9.47 Å². The van der Waals surface area contributed by atoms with Crippen LogP contribution in [0.4, 0.5) is 0 Å². The van der Waals surface area contributed by atoms with E-state index >= 15 is 0 Å². The van der Waals surface area contributed by atoms with Crippen LogP contribution in [0, 0.1) is 6.07 Å². The molecule has 0 aliphatic carbocycles. The van der Waals surface area contributed by atoms with Crippen molar-refractivity contribution in [3.05, 3.63) is 34.9 Å². The molecule has 0 fully saturated rings. The van der Waals surface area contributed by atoms with E-state index in [9.17, 15) is 0 Å². The molecule has 0 atom stereocenters. The number of ether oxygens (including phenoxy) is 2. The molecule has 0 N–H and O–H groups in total. The second-order valence-electron chi connectivity index (χ2n) is 5.66. The fourth-order valence-electron chi connectivity index (χ4n) is 1.82. The van der Waals surface area contributed by atoms with E-state index in [0.717, 1.165) is 26.1 Å². The average molecular weight is 249 g/mol. The van der Waals surface area contributed by atoms with Crippen LogP contribution >= 0.6 is 0 Å². The molecule has 1 radical (unpaired) electrons. The van der Waals surface area contributed by atoms with Gasteiger partial charge in [0.05, 0.1) is 13.2 Å². The van der Waals surface area contributed by atoms with E-state index in [1.165, 1.54) is 16.7 Å². The van der Waals surface area contributed by atoms with Gasteiger partial charge in [-0.25, -0.2) is 0 Å². The van der Waals surface area contributed by atoms with Crippen LogP contribution in [-0.2, 0) is 27.7 Å². The van der Waals surface area contributed by atoms with Crippen molar-refractivity contribution < 1.29 is 9.47 Å². The van der Waals surface area contributed by atoms with Crippen LogP contribution in [-0.4, -0.2) is 27.4 Å². The molecule has 0 aromatic heterocycles. The quantitative estimate of drug-likeness (QED) is 0.771. The molecular formula is C16H25O2. The summed E-state index contributed by atoms with van der Waals surface area (Å²) in [6, 6.07) is 7.96. The zero-order valence-electron chi connectivity index (χ0n) is 12.3. The van der Waals surface area contributed by atoms with Gasteiger partial charge in [-0.3, -0.25) is 0 Å². The van der Waals surface area contributed by atoms with E-state index in [-0.39, 0.29) is 5.41 Å². The minimum atomic E-state index is 0.165. The summed E-state index contributed by atoms with van der Waals surface area (Å²) < 4.78 is 10.3. The average Bonchev–Trinajstić information content (AvgIpc) is 2.32. The Morgan fingerprint density at radius 3 is 1.72 bits per heavy atom.